The monoisotopic (exact) mass is 405 g/mol. The molecule has 0 saturated carbocycles. The number of aryl methyl sites for hydroxylation is 1. The summed E-state index contributed by atoms with van der Waals surface area (Å²) in [5.74, 6) is -7.24. The van der Waals surface area contributed by atoms with Crippen LogP contribution < -0.4 is 4.90 Å². The maximum atomic E-state index is 13.9. The second kappa shape index (κ2) is 6.97. The van der Waals surface area contributed by atoms with Crippen molar-refractivity contribution >= 4 is 15.7 Å². The molecule has 27 heavy (non-hydrogen) atoms. The zero-order valence-electron chi connectivity index (χ0n) is 14.1. The average molecular weight is 405 g/mol. The van der Waals surface area contributed by atoms with Crippen LogP contribution in [0.5, 0.6) is 5.75 Å². The van der Waals surface area contributed by atoms with Crippen molar-refractivity contribution in [1.82, 2.24) is 9.29 Å². The minimum Gasteiger partial charge on any atom is -0.507 e. The molecule has 146 valence electrons. The van der Waals surface area contributed by atoms with Crippen molar-refractivity contribution < 1.29 is 31.1 Å². The zero-order chi connectivity index (χ0) is 19.9. The normalized spacial score (nSPS) is 16.0. The van der Waals surface area contributed by atoms with E-state index in [1.165, 1.54) is 12.1 Å². The highest BCUT2D eigenvalue weighted by molar-refractivity contribution is 7.89. The lowest BCUT2D eigenvalue weighted by Gasteiger charge is -2.35. The Labute approximate surface area is 152 Å². The molecule has 0 atom stereocenters. The maximum absolute atomic E-state index is 13.9. The first kappa shape index (κ1) is 19.4. The van der Waals surface area contributed by atoms with Crippen molar-refractivity contribution in [2.45, 2.75) is 11.8 Å². The summed E-state index contributed by atoms with van der Waals surface area (Å²) < 4.78 is 80.8. The van der Waals surface area contributed by atoms with Crippen LogP contribution >= 0.6 is 0 Å². The Hall–Kier alpha value is -2.40. The maximum Gasteiger partial charge on any atom is 0.253 e. The topological polar surface area (TPSA) is 73.7 Å². The molecule has 1 N–H and O–H groups in total. The SMILES string of the molecule is Cc1ccc(O)c(S(=O)(=O)N2CCN(c3c(F)c(F)nc(F)c3F)CC2)c1. The first-order chi connectivity index (χ1) is 12.6. The fourth-order valence-electron chi connectivity index (χ4n) is 2.87. The summed E-state index contributed by atoms with van der Waals surface area (Å²) in [5, 5.41) is 9.86. The van der Waals surface area contributed by atoms with E-state index in [2.05, 4.69) is 4.98 Å². The lowest BCUT2D eigenvalue weighted by atomic mass is 10.2. The number of piperazine rings is 1. The minimum atomic E-state index is -4.05. The molecule has 2 aromatic rings. The molecule has 0 unspecified atom stereocenters. The van der Waals surface area contributed by atoms with Gasteiger partial charge in [0.05, 0.1) is 0 Å². The predicted octanol–water partition coefficient (Wildman–Crippen LogP) is 2.16. The molecule has 0 radical (unpaired) electrons. The van der Waals surface area contributed by atoms with Gasteiger partial charge in [-0.1, -0.05) is 6.07 Å². The molecule has 1 aliphatic rings. The van der Waals surface area contributed by atoms with Gasteiger partial charge < -0.3 is 10.0 Å². The molecule has 3 rings (SSSR count). The summed E-state index contributed by atoms with van der Waals surface area (Å²) in [6.07, 6.45) is 0. The van der Waals surface area contributed by atoms with Gasteiger partial charge in [0, 0.05) is 26.2 Å². The number of phenolic OH excluding ortho intramolecular Hbond substituents is 1. The van der Waals surface area contributed by atoms with E-state index in [9.17, 15) is 31.1 Å². The Morgan fingerprint density at radius 3 is 2.11 bits per heavy atom. The highest BCUT2D eigenvalue weighted by Crippen LogP contribution is 2.30. The third-order valence-corrected chi connectivity index (χ3v) is 6.19. The summed E-state index contributed by atoms with van der Waals surface area (Å²) in [4.78, 5) is 3.23. The van der Waals surface area contributed by atoms with Crippen LogP contribution in [0.4, 0.5) is 23.2 Å². The number of sulfonamides is 1. The van der Waals surface area contributed by atoms with Crippen LogP contribution in [0.1, 0.15) is 5.56 Å². The van der Waals surface area contributed by atoms with Gasteiger partial charge in [-0.15, -0.1) is 0 Å². The van der Waals surface area contributed by atoms with Crippen LogP contribution in [0.2, 0.25) is 0 Å². The van der Waals surface area contributed by atoms with Crippen LogP contribution in [0, 0.1) is 30.5 Å². The Bertz CT molecular complexity index is 967. The first-order valence-electron chi connectivity index (χ1n) is 7.87. The van der Waals surface area contributed by atoms with E-state index >= 15 is 0 Å². The van der Waals surface area contributed by atoms with Gasteiger partial charge in [0.1, 0.15) is 16.3 Å². The molecule has 1 fully saturated rings. The lowest BCUT2D eigenvalue weighted by molar-refractivity contribution is 0.366. The van der Waals surface area contributed by atoms with Crippen molar-refractivity contribution in [3.8, 4) is 5.75 Å². The molecular formula is C16H15F4N3O3S. The number of benzene rings is 1. The molecule has 0 amide bonds. The van der Waals surface area contributed by atoms with E-state index in [4.69, 9.17) is 0 Å². The summed E-state index contributed by atoms with van der Waals surface area (Å²) >= 11 is 0. The molecular weight excluding hydrogens is 390 g/mol. The van der Waals surface area contributed by atoms with Gasteiger partial charge in [-0.05, 0) is 24.6 Å². The number of hydrogen-bond donors (Lipinski definition) is 1. The van der Waals surface area contributed by atoms with Crippen molar-refractivity contribution in [3.05, 3.63) is 47.3 Å². The highest BCUT2D eigenvalue weighted by atomic mass is 32.2. The fraction of sp³-hybridized carbons (Fsp3) is 0.312. The van der Waals surface area contributed by atoms with Gasteiger partial charge in [-0.2, -0.15) is 26.9 Å². The smallest absolute Gasteiger partial charge is 0.253 e. The Balaban J connectivity index is 1.85. The predicted molar refractivity (Wildman–Crippen MR) is 87.9 cm³/mol. The van der Waals surface area contributed by atoms with E-state index in [1.807, 2.05) is 0 Å². The summed E-state index contributed by atoms with van der Waals surface area (Å²) in [5.41, 5.74) is -0.299. The number of anilines is 1. The van der Waals surface area contributed by atoms with E-state index < -0.39 is 45.0 Å². The Morgan fingerprint density at radius 2 is 1.56 bits per heavy atom. The van der Waals surface area contributed by atoms with E-state index in [1.54, 1.807) is 13.0 Å². The second-order valence-electron chi connectivity index (χ2n) is 6.03. The molecule has 11 heteroatoms. The molecule has 6 nitrogen and oxygen atoms in total. The Morgan fingerprint density at radius 1 is 1.00 bits per heavy atom. The van der Waals surface area contributed by atoms with Crippen molar-refractivity contribution in [2.75, 3.05) is 31.1 Å². The molecule has 2 heterocycles. The van der Waals surface area contributed by atoms with Gasteiger partial charge in [0.2, 0.25) is 21.7 Å². The molecule has 0 aliphatic carbocycles. The number of aromatic nitrogens is 1. The van der Waals surface area contributed by atoms with Crippen molar-refractivity contribution in [2.24, 2.45) is 0 Å². The number of rotatable bonds is 3. The van der Waals surface area contributed by atoms with Crippen LogP contribution in [-0.4, -0.2) is 49.0 Å². The number of hydrogen-bond acceptors (Lipinski definition) is 5. The van der Waals surface area contributed by atoms with E-state index in [0.29, 0.717) is 5.56 Å². The van der Waals surface area contributed by atoms with Gasteiger partial charge in [0.25, 0.3) is 11.9 Å². The number of phenols is 1. The van der Waals surface area contributed by atoms with E-state index in [0.717, 1.165) is 9.21 Å². The molecule has 1 aliphatic heterocycles. The summed E-state index contributed by atoms with van der Waals surface area (Å²) in [6.45, 7) is 0.861. The molecule has 1 aromatic carbocycles. The van der Waals surface area contributed by atoms with Gasteiger partial charge in [0.15, 0.2) is 0 Å². The van der Waals surface area contributed by atoms with Gasteiger partial charge in [-0.3, -0.25) is 0 Å². The number of halogens is 4. The average Bonchev–Trinajstić information content (AvgIpc) is 2.62. The van der Waals surface area contributed by atoms with Gasteiger partial charge >= 0.3 is 0 Å². The van der Waals surface area contributed by atoms with E-state index in [-0.39, 0.29) is 31.1 Å². The van der Waals surface area contributed by atoms with Crippen LogP contribution in [0.25, 0.3) is 0 Å². The Kier molecular flexibility index (Phi) is 5.00. The van der Waals surface area contributed by atoms with Gasteiger partial charge in [-0.25, -0.2) is 8.42 Å². The molecule has 1 saturated heterocycles. The van der Waals surface area contributed by atoms with Crippen LogP contribution in [-0.2, 0) is 10.0 Å². The summed E-state index contributed by atoms with van der Waals surface area (Å²) in [6, 6.07) is 4.11. The van der Waals surface area contributed by atoms with Crippen molar-refractivity contribution in [1.29, 1.82) is 0 Å². The van der Waals surface area contributed by atoms with Crippen molar-refractivity contribution in [3.63, 3.8) is 0 Å². The summed E-state index contributed by atoms with van der Waals surface area (Å²) in [7, 11) is -4.05. The number of pyridine rings is 1. The standard InChI is InChI=1S/C16H15F4N3O3S/c1-9-2-3-10(24)11(8-9)27(25,26)23-6-4-22(5-7-23)14-12(17)15(19)21-16(20)13(14)18/h2-3,8,24H,4-7H2,1H3. The molecule has 1 aromatic heterocycles. The number of nitrogens with zero attached hydrogens (tertiary/aromatic N) is 3. The lowest BCUT2D eigenvalue weighted by Crippen LogP contribution is -2.49. The fourth-order valence-corrected chi connectivity index (χ4v) is 4.46. The van der Waals surface area contributed by atoms with Crippen LogP contribution in [0.15, 0.2) is 23.1 Å². The minimum absolute atomic E-state index is 0.194. The zero-order valence-corrected chi connectivity index (χ0v) is 14.9. The quantitative estimate of drug-likeness (QED) is 0.626. The van der Waals surface area contributed by atoms with Crippen LogP contribution in [0.3, 0.4) is 0 Å². The number of aromatic hydroxyl groups is 1. The third-order valence-electron chi connectivity index (χ3n) is 4.26. The highest BCUT2D eigenvalue weighted by Gasteiger charge is 2.33. The first-order valence-corrected chi connectivity index (χ1v) is 9.31. The second-order valence-corrected chi connectivity index (χ2v) is 7.94. The molecule has 0 bridgehead atoms. The third kappa shape index (κ3) is 3.44. The molecule has 0 spiro atoms. The largest absolute Gasteiger partial charge is 0.507 e.